The summed E-state index contributed by atoms with van der Waals surface area (Å²) >= 11 is 0. The van der Waals surface area contributed by atoms with Crippen LogP contribution in [0.5, 0.6) is 11.5 Å². The Morgan fingerprint density at radius 3 is 2.36 bits per heavy atom. The first-order chi connectivity index (χ1) is 16.2. The molecule has 2 heterocycles. The van der Waals surface area contributed by atoms with E-state index in [9.17, 15) is 4.79 Å². The lowest BCUT2D eigenvalue weighted by atomic mass is 10.1. The Morgan fingerprint density at radius 2 is 1.64 bits per heavy atom. The predicted molar refractivity (Wildman–Crippen MR) is 125 cm³/mol. The molecule has 0 saturated heterocycles. The van der Waals surface area contributed by atoms with E-state index in [1.807, 2.05) is 85.8 Å². The molecule has 7 heteroatoms. The van der Waals surface area contributed by atoms with Crippen molar-refractivity contribution in [1.82, 2.24) is 19.7 Å². The molecular weight excluding hydrogens is 416 g/mol. The Balaban J connectivity index is 1.46. The molecular formula is C26H24N4O3. The lowest BCUT2D eigenvalue weighted by Gasteiger charge is -2.22. The number of carbonyl (C=O) groups is 1. The summed E-state index contributed by atoms with van der Waals surface area (Å²) < 4.78 is 13.0. The maximum atomic E-state index is 13.4. The summed E-state index contributed by atoms with van der Waals surface area (Å²) in [6, 6.07) is 25.2. The van der Waals surface area contributed by atoms with Crippen molar-refractivity contribution in [2.45, 2.75) is 13.5 Å². The van der Waals surface area contributed by atoms with E-state index in [0.717, 1.165) is 22.6 Å². The highest BCUT2D eigenvalue weighted by Crippen LogP contribution is 2.31. The molecule has 7 nitrogen and oxygen atoms in total. The average molecular weight is 441 g/mol. The number of carbonyl (C=O) groups excluding carboxylic acids is 1. The van der Waals surface area contributed by atoms with Gasteiger partial charge in [0.2, 0.25) is 5.82 Å². The summed E-state index contributed by atoms with van der Waals surface area (Å²) in [4.78, 5) is 19.8. The number of benzene rings is 3. The first-order valence-electron chi connectivity index (χ1n) is 11.0. The van der Waals surface area contributed by atoms with E-state index < -0.39 is 0 Å². The summed E-state index contributed by atoms with van der Waals surface area (Å²) in [6.07, 6.45) is 0. The van der Waals surface area contributed by atoms with Gasteiger partial charge in [-0.2, -0.15) is 0 Å². The second-order valence-corrected chi connectivity index (χ2v) is 7.67. The summed E-state index contributed by atoms with van der Waals surface area (Å²) in [5.74, 6) is 2.01. The van der Waals surface area contributed by atoms with Crippen LogP contribution in [-0.2, 0) is 6.54 Å². The molecule has 0 bridgehead atoms. The van der Waals surface area contributed by atoms with E-state index in [1.165, 1.54) is 0 Å². The van der Waals surface area contributed by atoms with Crippen molar-refractivity contribution in [2.75, 3.05) is 19.8 Å². The third-order valence-electron chi connectivity index (χ3n) is 5.48. The van der Waals surface area contributed by atoms with Crippen LogP contribution in [-0.4, -0.2) is 45.3 Å². The number of para-hydroxylation sites is 1. The van der Waals surface area contributed by atoms with Gasteiger partial charge in [-0.15, -0.1) is 5.10 Å². The molecule has 0 saturated carbocycles. The first kappa shape index (κ1) is 20.8. The van der Waals surface area contributed by atoms with Crippen molar-refractivity contribution in [2.24, 2.45) is 0 Å². The van der Waals surface area contributed by atoms with Crippen LogP contribution in [0.25, 0.3) is 17.1 Å². The van der Waals surface area contributed by atoms with Crippen LogP contribution in [0.15, 0.2) is 78.9 Å². The van der Waals surface area contributed by atoms with Crippen molar-refractivity contribution < 1.29 is 14.3 Å². The van der Waals surface area contributed by atoms with E-state index >= 15 is 0 Å². The van der Waals surface area contributed by atoms with Crippen molar-refractivity contribution in [1.29, 1.82) is 0 Å². The molecule has 1 aromatic heterocycles. The van der Waals surface area contributed by atoms with Gasteiger partial charge >= 0.3 is 0 Å². The van der Waals surface area contributed by atoms with E-state index in [-0.39, 0.29) is 11.7 Å². The van der Waals surface area contributed by atoms with Gasteiger partial charge in [-0.05, 0) is 36.8 Å². The monoisotopic (exact) mass is 440 g/mol. The van der Waals surface area contributed by atoms with E-state index in [1.54, 1.807) is 9.58 Å². The molecule has 5 rings (SSSR count). The Kier molecular flexibility index (Phi) is 5.76. The Bertz CT molecular complexity index is 1200. The molecule has 1 amide bonds. The lowest BCUT2D eigenvalue weighted by Crippen LogP contribution is -2.31. The molecule has 0 fully saturated rings. The fourth-order valence-corrected chi connectivity index (χ4v) is 3.80. The van der Waals surface area contributed by atoms with E-state index in [2.05, 4.69) is 10.1 Å². The standard InChI is InChI=1S/C26H24N4O3/c1-2-29(18-19-13-14-22-23(17-19)33-16-15-32-22)26(31)24-27-25(20-9-5-3-6-10-20)30(28-24)21-11-7-4-8-12-21/h3-14,17H,2,15-16,18H2,1H3. The lowest BCUT2D eigenvalue weighted by molar-refractivity contribution is 0.0740. The molecule has 3 aromatic carbocycles. The van der Waals surface area contributed by atoms with Crippen molar-refractivity contribution >= 4 is 5.91 Å². The molecule has 33 heavy (non-hydrogen) atoms. The third kappa shape index (κ3) is 4.30. The highest BCUT2D eigenvalue weighted by molar-refractivity contribution is 5.91. The Morgan fingerprint density at radius 1 is 0.939 bits per heavy atom. The number of ether oxygens (including phenoxy) is 2. The zero-order valence-electron chi connectivity index (χ0n) is 18.3. The van der Waals surface area contributed by atoms with Crippen molar-refractivity contribution in [3.05, 3.63) is 90.3 Å². The summed E-state index contributed by atoms with van der Waals surface area (Å²) in [5, 5.41) is 4.61. The van der Waals surface area contributed by atoms with Gasteiger partial charge in [0.15, 0.2) is 17.3 Å². The SMILES string of the molecule is CCN(Cc1ccc2c(c1)OCCO2)C(=O)c1nc(-c2ccccc2)n(-c2ccccc2)n1. The minimum atomic E-state index is -0.223. The zero-order chi connectivity index (χ0) is 22.6. The van der Waals surface area contributed by atoms with Crippen LogP contribution in [0.3, 0.4) is 0 Å². The maximum Gasteiger partial charge on any atom is 0.293 e. The van der Waals surface area contributed by atoms with Gasteiger partial charge in [0.25, 0.3) is 5.91 Å². The molecule has 0 atom stereocenters. The predicted octanol–water partition coefficient (Wildman–Crippen LogP) is 4.37. The summed E-state index contributed by atoms with van der Waals surface area (Å²) in [6.45, 7) is 3.96. The van der Waals surface area contributed by atoms with Crippen LogP contribution in [0.2, 0.25) is 0 Å². The van der Waals surface area contributed by atoms with Crippen LogP contribution >= 0.6 is 0 Å². The fourth-order valence-electron chi connectivity index (χ4n) is 3.80. The number of nitrogens with zero attached hydrogens (tertiary/aromatic N) is 4. The summed E-state index contributed by atoms with van der Waals surface area (Å²) in [5.41, 5.74) is 2.70. The maximum absolute atomic E-state index is 13.4. The van der Waals surface area contributed by atoms with Gasteiger partial charge in [0.05, 0.1) is 5.69 Å². The Labute approximate surface area is 192 Å². The molecule has 0 unspecified atom stereocenters. The largest absolute Gasteiger partial charge is 0.486 e. The van der Waals surface area contributed by atoms with Crippen molar-refractivity contribution in [3.63, 3.8) is 0 Å². The third-order valence-corrected chi connectivity index (χ3v) is 5.48. The van der Waals surface area contributed by atoms with Crippen molar-refractivity contribution in [3.8, 4) is 28.6 Å². The van der Waals surface area contributed by atoms with Gasteiger partial charge < -0.3 is 14.4 Å². The molecule has 1 aliphatic heterocycles. The summed E-state index contributed by atoms with van der Waals surface area (Å²) in [7, 11) is 0. The average Bonchev–Trinajstić information content (AvgIpc) is 3.33. The minimum Gasteiger partial charge on any atom is -0.486 e. The van der Waals surface area contributed by atoms with Gasteiger partial charge in [-0.1, -0.05) is 54.6 Å². The molecule has 0 N–H and O–H groups in total. The normalized spacial score (nSPS) is 12.4. The second kappa shape index (κ2) is 9.16. The van der Waals surface area contributed by atoms with Crippen LogP contribution in [0.1, 0.15) is 23.1 Å². The first-order valence-corrected chi connectivity index (χ1v) is 11.0. The number of amides is 1. The fraction of sp³-hybridized carbons (Fsp3) is 0.192. The highest BCUT2D eigenvalue weighted by Gasteiger charge is 2.23. The van der Waals surface area contributed by atoms with Gasteiger partial charge in [-0.3, -0.25) is 4.79 Å². The molecule has 4 aromatic rings. The van der Waals surface area contributed by atoms with Gasteiger partial charge in [0, 0.05) is 18.7 Å². The number of fused-ring (bicyclic) bond motifs is 1. The van der Waals surface area contributed by atoms with E-state index in [0.29, 0.717) is 37.9 Å². The number of hydrogen-bond acceptors (Lipinski definition) is 5. The molecule has 166 valence electrons. The highest BCUT2D eigenvalue weighted by atomic mass is 16.6. The second-order valence-electron chi connectivity index (χ2n) is 7.67. The van der Waals surface area contributed by atoms with E-state index in [4.69, 9.17) is 9.47 Å². The smallest absolute Gasteiger partial charge is 0.293 e. The van der Waals surface area contributed by atoms with Crippen LogP contribution < -0.4 is 9.47 Å². The molecule has 0 radical (unpaired) electrons. The quantitative estimate of drug-likeness (QED) is 0.445. The molecule has 0 aliphatic carbocycles. The Hall–Kier alpha value is -4.13. The number of rotatable bonds is 6. The number of aromatic nitrogens is 3. The minimum absolute atomic E-state index is 0.164. The van der Waals surface area contributed by atoms with Crippen LogP contribution in [0, 0.1) is 0 Å². The van der Waals surface area contributed by atoms with Crippen LogP contribution in [0.4, 0.5) is 0 Å². The van der Waals surface area contributed by atoms with Gasteiger partial charge in [0.1, 0.15) is 13.2 Å². The molecule has 1 aliphatic rings. The number of hydrogen-bond donors (Lipinski definition) is 0. The topological polar surface area (TPSA) is 69.5 Å². The van der Waals surface area contributed by atoms with Gasteiger partial charge in [-0.25, -0.2) is 9.67 Å². The molecule has 0 spiro atoms. The zero-order valence-corrected chi connectivity index (χ0v) is 18.3.